The molecule has 0 aromatic rings. The molecule has 3 unspecified atom stereocenters. The van der Waals surface area contributed by atoms with Crippen molar-refractivity contribution in [1.82, 2.24) is 0 Å². The summed E-state index contributed by atoms with van der Waals surface area (Å²) in [4.78, 5) is 0. The lowest BCUT2D eigenvalue weighted by Crippen LogP contribution is -2.23. The van der Waals surface area contributed by atoms with Crippen LogP contribution < -0.4 is 5.73 Å². The summed E-state index contributed by atoms with van der Waals surface area (Å²) >= 11 is 0. The Morgan fingerprint density at radius 3 is 2.22 bits per heavy atom. The van der Waals surface area contributed by atoms with Gasteiger partial charge in [0.15, 0.2) is 0 Å². The second-order valence-electron chi connectivity index (χ2n) is 3.05. The van der Waals surface area contributed by atoms with E-state index in [1.165, 1.54) is 0 Å². The first-order chi connectivity index (χ1) is 4.14. The van der Waals surface area contributed by atoms with E-state index in [0.717, 1.165) is 6.42 Å². The lowest BCUT2D eigenvalue weighted by atomic mass is 10.2. The summed E-state index contributed by atoms with van der Waals surface area (Å²) in [5.41, 5.74) is 5.42. The normalized spacial score (nSPS) is 53.0. The average Bonchev–Trinajstić information content (AvgIpc) is 2.19. The molecule has 0 amide bonds. The van der Waals surface area contributed by atoms with Crippen molar-refractivity contribution in [3.63, 3.8) is 0 Å². The summed E-state index contributed by atoms with van der Waals surface area (Å²) in [6, 6.07) is -0.218. The molecule has 2 saturated carbocycles. The molecule has 0 saturated heterocycles. The van der Waals surface area contributed by atoms with Crippen LogP contribution in [-0.2, 0) is 0 Å². The van der Waals surface area contributed by atoms with Crippen LogP contribution in [0.5, 0.6) is 0 Å². The molecule has 0 heterocycles. The van der Waals surface area contributed by atoms with Crippen LogP contribution in [-0.4, -0.2) is 12.0 Å². The highest BCUT2D eigenvalue weighted by Crippen LogP contribution is 2.63. The fourth-order valence-electron chi connectivity index (χ4n) is 1.92. The van der Waals surface area contributed by atoms with Crippen molar-refractivity contribution < 1.29 is 8.78 Å². The minimum absolute atomic E-state index is 0.218. The molecule has 0 aromatic heterocycles. The highest BCUT2D eigenvalue weighted by Gasteiger charge is 2.72. The Bertz CT molecular complexity index is 146. The zero-order valence-corrected chi connectivity index (χ0v) is 4.98. The first-order valence-corrected chi connectivity index (χ1v) is 3.27. The third kappa shape index (κ3) is 0.509. The quantitative estimate of drug-likeness (QED) is 0.524. The van der Waals surface area contributed by atoms with Gasteiger partial charge in [-0.2, -0.15) is 0 Å². The van der Waals surface area contributed by atoms with Crippen LogP contribution in [0.3, 0.4) is 0 Å². The highest BCUT2D eigenvalue weighted by atomic mass is 19.3. The number of hydrogen-bond acceptors (Lipinski definition) is 1. The summed E-state index contributed by atoms with van der Waals surface area (Å²) in [6.07, 6.45) is 1.43. The van der Waals surface area contributed by atoms with Crippen LogP contribution in [0, 0.1) is 11.8 Å². The van der Waals surface area contributed by atoms with Gasteiger partial charge in [-0.15, -0.1) is 0 Å². The van der Waals surface area contributed by atoms with Gasteiger partial charge in [0.05, 0.1) is 0 Å². The number of hydrogen-bond donors (Lipinski definition) is 1. The van der Waals surface area contributed by atoms with Crippen LogP contribution in [0.1, 0.15) is 12.8 Å². The van der Waals surface area contributed by atoms with Crippen LogP contribution in [0.4, 0.5) is 8.78 Å². The molecule has 3 heteroatoms. The van der Waals surface area contributed by atoms with Crippen LogP contribution in [0.25, 0.3) is 0 Å². The second-order valence-corrected chi connectivity index (χ2v) is 3.05. The Morgan fingerprint density at radius 1 is 1.33 bits per heavy atom. The molecule has 2 N–H and O–H groups in total. The van der Waals surface area contributed by atoms with Gasteiger partial charge in [-0.3, -0.25) is 0 Å². The molecule has 0 aromatic carbocycles. The summed E-state index contributed by atoms with van der Waals surface area (Å²) in [5, 5.41) is 0. The Labute approximate surface area is 52.2 Å². The van der Waals surface area contributed by atoms with Gasteiger partial charge in [0.2, 0.25) is 0 Å². The first-order valence-electron chi connectivity index (χ1n) is 3.27. The number of halogens is 2. The Hall–Kier alpha value is -0.180. The monoisotopic (exact) mass is 133 g/mol. The zero-order chi connectivity index (χ0) is 6.65. The largest absolute Gasteiger partial charge is 0.327 e. The molecule has 9 heavy (non-hydrogen) atoms. The average molecular weight is 133 g/mol. The molecule has 0 radical (unpaired) electrons. The van der Waals surface area contributed by atoms with Gasteiger partial charge in [-0.1, -0.05) is 0 Å². The second kappa shape index (κ2) is 1.29. The maximum Gasteiger partial charge on any atom is 0.256 e. The molecule has 0 aliphatic heterocycles. The van der Waals surface area contributed by atoms with Gasteiger partial charge >= 0.3 is 0 Å². The molecule has 2 aliphatic carbocycles. The van der Waals surface area contributed by atoms with Gasteiger partial charge in [0.25, 0.3) is 5.92 Å². The van der Waals surface area contributed by atoms with Gasteiger partial charge in [-0.25, -0.2) is 8.78 Å². The Balaban J connectivity index is 2.14. The van der Waals surface area contributed by atoms with Crippen molar-refractivity contribution in [3.8, 4) is 0 Å². The molecule has 0 spiro atoms. The van der Waals surface area contributed by atoms with E-state index in [2.05, 4.69) is 0 Å². The van der Waals surface area contributed by atoms with Crippen LogP contribution in [0.15, 0.2) is 0 Å². The lowest BCUT2D eigenvalue weighted by molar-refractivity contribution is 0.0687. The van der Waals surface area contributed by atoms with Crippen LogP contribution in [0.2, 0.25) is 0 Å². The lowest BCUT2D eigenvalue weighted by Gasteiger charge is -2.05. The molecule has 0 bridgehead atoms. The molecule has 2 rings (SSSR count). The maximum atomic E-state index is 12.4. The van der Waals surface area contributed by atoms with Crippen molar-refractivity contribution in [1.29, 1.82) is 0 Å². The molecular formula is C6H9F2N. The van der Waals surface area contributed by atoms with Crippen molar-refractivity contribution in [2.24, 2.45) is 17.6 Å². The zero-order valence-electron chi connectivity index (χ0n) is 4.98. The van der Waals surface area contributed by atoms with Gasteiger partial charge in [-0.05, 0) is 12.8 Å². The topological polar surface area (TPSA) is 26.0 Å². The minimum Gasteiger partial charge on any atom is -0.327 e. The highest BCUT2D eigenvalue weighted by molar-refractivity contribution is 5.14. The molecular weight excluding hydrogens is 124 g/mol. The van der Waals surface area contributed by atoms with E-state index in [1.807, 2.05) is 0 Å². The third-order valence-corrected chi connectivity index (χ3v) is 2.54. The van der Waals surface area contributed by atoms with E-state index in [-0.39, 0.29) is 12.0 Å². The SMILES string of the molecule is NC1CCC2C1C2(F)F. The predicted octanol–water partition coefficient (Wildman–Crippen LogP) is 0.989. The van der Waals surface area contributed by atoms with E-state index >= 15 is 0 Å². The minimum atomic E-state index is -2.39. The summed E-state index contributed by atoms with van der Waals surface area (Å²) < 4.78 is 24.8. The summed E-state index contributed by atoms with van der Waals surface area (Å²) in [6.45, 7) is 0. The summed E-state index contributed by atoms with van der Waals surface area (Å²) in [7, 11) is 0. The first kappa shape index (κ1) is 5.59. The van der Waals surface area contributed by atoms with Crippen molar-refractivity contribution in [2.45, 2.75) is 24.8 Å². The van der Waals surface area contributed by atoms with E-state index in [1.54, 1.807) is 0 Å². The third-order valence-electron chi connectivity index (χ3n) is 2.54. The van der Waals surface area contributed by atoms with E-state index < -0.39 is 11.8 Å². The fraction of sp³-hybridized carbons (Fsp3) is 1.00. The molecule has 1 nitrogen and oxygen atoms in total. The fourth-order valence-corrected chi connectivity index (χ4v) is 1.92. The number of alkyl halides is 2. The van der Waals surface area contributed by atoms with E-state index in [4.69, 9.17) is 5.73 Å². The molecule has 3 atom stereocenters. The Kier molecular flexibility index (Phi) is 0.799. The van der Waals surface area contributed by atoms with Gasteiger partial charge in [0, 0.05) is 17.9 Å². The number of nitrogens with two attached hydrogens (primary N) is 1. The van der Waals surface area contributed by atoms with Crippen molar-refractivity contribution >= 4 is 0 Å². The molecule has 2 aliphatic rings. The van der Waals surface area contributed by atoms with Crippen LogP contribution >= 0.6 is 0 Å². The molecule has 2 fully saturated rings. The van der Waals surface area contributed by atoms with Crippen molar-refractivity contribution in [3.05, 3.63) is 0 Å². The standard InChI is InChI=1S/C6H9F2N/c7-6(8)3-1-2-4(9)5(3)6/h3-5H,1-2,9H2. The smallest absolute Gasteiger partial charge is 0.256 e. The number of fused-ring (bicyclic) bond motifs is 1. The van der Waals surface area contributed by atoms with E-state index in [0.29, 0.717) is 6.42 Å². The Morgan fingerprint density at radius 2 is 2.00 bits per heavy atom. The summed E-state index contributed by atoms with van der Waals surface area (Å²) in [5.74, 6) is -3.21. The predicted molar refractivity (Wildman–Crippen MR) is 29.1 cm³/mol. The van der Waals surface area contributed by atoms with Gasteiger partial charge in [0.1, 0.15) is 0 Å². The van der Waals surface area contributed by atoms with Crippen molar-refractivity contribution in [2.75, 3.05) is 0 Å². The van der Waals surface area contributed by atoms with E-state index in [9.17, 15) is 8.78 Å². The number of rotatable bonds is 0. The van der Waals surface area contributed by atoms with Gasteiger partial charge < -0.3 is 5.73 Å². The molecule has 52 valence electrons. The maximum absolute atomic E-state index is 12.4.